The summed E-state index contributed by atoms with van der Waals surface area (Å²) in [5, 5.41) is 2.93. The van der Waals surface area contributed by atoms with E-state index in [-0.39, 0.29) is 6.42 Å². The van der Waals surface area contributed by atoms with Crippen LogP contribution in [0.25, 0.3) is 0 Å². The van der Waals surface area contributed by atoms with Crippen LogP contribution in [0.15, 0.2) is 24.3 Å². The molecule has 0 fully saturated rings. The number of benzene rings is 1. The maximum Gasteiger partial charge on any atom is 0.303 e. The molecule has 0 bridgehead atoms. The molecule has 0 aliphatic rings. The van der Waals surface area contributed by atoms with Crippen LogP contribution in [0.3, 0.4) is 0 Å². The van der Waals surface area contributed by atoms with Gasteiger partial charge in [-0.15, -0.1) is 0 Å². The van der Waals surface area contributed by atoms with Gasteiger partial charge in [0.1, 0.15) is 6.04 Å². The second-order valence-electron chi connectivity index (χ2n) is 4.14. The summed E-state index contributed by atoms with van der Waals surface area (Å²) in [7, 11) is 0. The summed E-state index contributed by atoms with van der Waals surface area (Å²) in [6.07, 6.45) is 0.210. The highest BCUT2D eigenvalue weighted by Crippen LogP contribution is 2.12. The molecule has 0 radical (unpaired) electrons. The van der Waals surface area contributed by atoms with E-state index in [1.807, 2.05) is 0 Å². The van der Waals surface area contributed by atoms with Crippen LogP contribution in [-0.4, -0.2) is 30.4 Å². The van der Waals surface area contributed by atoms with Gasteiger partial charge < -0.3 is 15.8 Å². The topological polar surface area (TPSA) is 98.5 Å². The van der Waals surface area contributed by atoms with Gasteiger partial charge in [0.15, 0.2) is 6.61 Å². The number of carbonyl (C=O) groups excluding carboxylic acids is 3. The summed E-state index contributed by atoms with van der Waals surface area (Å²) in [5.74, 6) is -1.85. The Hall–Kier alpha value is -2.08. The highest BCUT2D eigenvalue weighted by atomic mass is 35.5. The molecule has 0 unspecified atom stereocenters. The molecule has 0 spiro atoms. The zero-order valence-electron chi connectivity index (χ0n) is 10.9. The quantitative estimate of drug-likeness (QED) is 0.743. The number of hydrogen-bond donors (Lipinski definition) is 2. The van der Waals surface area contributed by atoms with Crippen LogP contribution in [0.1, 0.15) is 12.5 Å². The van der Waals surface area contributed by atoms with Gasteiger partial charge in [-0.2, -0.15) is 0 Å². The molecule has 0 aliphatic heterocycles. The molecule has 1 rings (SSSR count). The van der Waals surface area contributed by atoms with Gasteiger partial charge in [-0.25, -0.2) is 0 Å². The van der Waals surface area contributed by atoms with Crippen LogP contribution in [0, 0.1) is 0 Å². The second-order valence-corrected chi connectivity index (χ2v) is 4.57. The van der Waals surface area contributed by atoms with E-state index in [1.165, 1.54) is 6.92 Å². The van der Waals surface area contributed by atoms with Crippen LogP contribution < -0.4 is 11.1 Å². The maximum atomic E-state index is 11.5. The Morgan fingerprint density at radius 1 is 1.40 bits per heavy atom. The van der Waals surface area contributed by atoms with Crippen molar-refractivity contribution in [3.63, 3.8) is 0 Å². The molecular weight excluding hydrogens is 284 g/mol. The molecule has 108 valence electrons. The highest BCUT2D eigenvalue weighted by molar-refractivity contribution is 6.30. The molecule has 0 aliphatic carbocycles. The van der Waals surface area contributed by atoms with Crippen molar-refractivity contribution >= 4 is 29.4 Å². The van der Waals surface area contributed by atoms with Crippen LogP contribution >= 0.6 is 11.6 Å². The molecule has 1 aromatic rings. The number of nitrogens with one attached hydrogen (secondary N) is 1. The zero-order chi connectivity index (χ0) is 15.1. The van der Waals surface area contributed by atoms with Crippen molar-refractivity contribution in [3.05, 3.63) is 34.9 Å². The highest BCUT2D eigenvalue weighted by Gasteiger charge is 2.19. The van der Waals surface area contributed by atoms with E-state index in [9.17, 15) is 14.4 Å². The van der Waals surface area contributed by atoms with Crippen molar-refractivity contribution in [3.8, 4) is 0 Å². The minimum Gasteiger partial charge on any atom is -0.456 e. The van der Waals surface area contributed by atoms with Crippen molar-refractivity contribution in [1.82, 2.24) is 5.32 Å². The van der Waals surface area contributed by atoms with Crippen molar-refractivity contribution < 1.29 is 19.1 Å². The molecule has 2 amide bonds. The largest absolute Gasteiger partial charge is 0.456 e. The second kappa shape index (κ2) is 7.49. The summed E-state index contributed by atoms with van der Waals surface area (Å²) in [6.45, 7) is 0.736. The normalized spacial score (nSPS) is 11.5. The molecule has 1 aromatic carbocycles. The lowest BCUT2D eigenvalue weighted by molar-refractivity contribution is -0.146. The molecule has 7 heteroatoms. The van der Waals surface area contributed by atoms with Gasteiger partial charge in [-0.1, -0.05) is 23.7 Å². The molecule has 0 saturated heterocycles. The Labute approximate surface area is 121 Å². The lowest BCUT2D eigenvalue weighted by Gasteiger charge is -2.15. The number of esters is 1. The first-order valence-corrected chi connectivity index (χ1v) is 6.22. The maximum absolute atomic E-state index is 11.5. The Bertz CT molecular complexity index is 519. The standard InChI is InChI=1S/C13H15ClN2O4/c1-8(17)20-7-12(18)16-11(13(15)19)6-9-3-2-4-10(14)5-9/h2-5,11H,6-7H2,1H3,(H2,15,19)(H,16,18)/t11-/m1/s1. The van der Waals surface area contributed by atoms with Gasteiger partial charge >= 0.3 is 5.97 Å². The van der Waals surface area contributed by atoms with Gasteiger partial charge in [0, 0.05) is 18.4 Å². The number of ether oxygens (including phenoxy) is 1. The smallest absolute Gasteiger partial charge is 0.303 e. The lowest BCUT2D eigenvalue weighted by atomic mass is 10.1. The minimum atomic E-state index is -0.892. The van der Waals surface area contributed by atoms with E-state index in [0.717, 1.165) is 5.56 Å². The molecule has 0 saturated carbocycles. The van der Waals surface area contributed by atoms with Crippen molar-refractivity contribution in [2.45, 2.75) is 19.4 Å². The summed E-state index contributed by atoms with van der Waals surface area (Å²) >= 11 is 5.84. The van der Waals surface area contributed by atoms with Crippen LogP contribution in [0.4, 0.5) is 0 Å². The van der Waals surface area contributed by atoms with Crippen molar-refractivity contribution in [2.75, 3.05) is 6.61 Å². The summed E-state index contributed by atoms with van der Waals surface area (Å²) in [6, 6.07) is 5.98. The predicted octanol–water partition coefficient (Wildman–Crippen LogP) is 0.416. The molecule has 6 nitrogen and oxygen atoms in total. The van der Waals surface area contributed by atoms with Gasteiger partial charge in [0.2, 0.25) is 5.91 Å². The monoisotopic (exact) mass is 298 g/mol. The van der Waals surface area contributed by atoms with E-state index >= 15 is 0 Å². The number of rotatable bonds is 6. The summed E-state index contributed by atoms with van der Waals surface area (Å²) in [4.78, 5) is 33.4. The van der Waals surface area contributed by atoms with Gasteiger partial charge in [0.05, 0.1) is 0 Å². The third-order valence-corrected chi connectivity index (χ3v) is 2.65. The first-order chi connectivity index (χ1) is 9.38. The lowest BCUT2D eigenvalue weighted by Crippen LogP contribution is -2.47. The molecule has 3 N–H and O–H groups in total. The first-order valence-electron chi connectivity index (χ1n) is 5.85. The number of halogens is 1. The predicted molar refractivity (Wildman–Crippen MR) is 72.9 cm³/mol. The third kappa shape index (κ3) is 5.71. The van der Waals surface area contributed by atoms with Crippen LogP contribution in [0.5, 0.6) is 0 Å². The minimum absolute atomic E-state index is 0.210. The van der Waals surface area contributed by atoms with Crippen LogP contribution in [0.2, 0.25) is 5.02 Å². The van der Waals surface area contributed by atoms with E-state index in [4.69, 9.17) is 17.3 Å². The molecule has 20 heavy (non-hydrogen) atoms. The van der Waals surface area contributed by atoms with E-state index in [1.54, 1.807) is 24.3 Å². The summed E-state index contributed by atoms with van der Waals surface area (Å²) < 4.78 is 4.53. The Balaban J connectivity index is 2.63. The average Bonchev–Trinajstić information content (AvgIpc) is 2.35. The van der Waals surface area contributed by atoms with Gasteiger partial charge in [-0.3, -0.25) is 14.4 Å². The first kappa shape index (κ1) is 16.0. The van der Waals surface area contributed by atoms with E-state index in [0.29, 0.717) is 5.02 Å². The number of primary amides is 1. The van der Waals surface area contributed by atoms with Gasteiger partial charge in [-0.05, 0) is 17.7 Å². The Kier molecular flexibility index (Phi) is 5.99. The fraction of sp³-hybridized carbons (Fsp3) is 0.308. The van der Waals surface area contributed by atoms with Crippen molar-refractivity contribution in [1.29, 1.82) is 0 Å². The Morgan fingerprint density at radius 3 is 2.65 bits per heavy atom. The van der Waals surface area contributed by atoms with Crippen molar-refractivity contribution in [2.24, 2.45) is 5.73 Å². The summed E-state index contributed by atoms with van der Waals surface area (Å²) in [5.41, 5.74) is 5.99. The van der Waals surface area contributed by atoms with Gasteiger partial charge in [0.25, 0.3) is 5.91 Å². The SMILES string of the molecule is CC(=O)OCC(=O)N[C@H](Cc1cccc(Cl)c1)C(N)=O. The number of nitrogens with two attached hydrogens (primary N) is 1. The molecule has 0 aromatic heterocycles. The number of hydrogen-bond acceptors (Lipinski definition) is 4. The zero-order valence-corrected chi connectivity index (χ0v) is 11.6. The molecule has 1 atom stereocenters. The third-order valence-electron chi connectivity index (χ3n) is 2.41. The number of carbonyl (C=O) groups is 3. The van der Waals surface area contributed by atoms with Crippen LogP contribution in [-0.2, 0) is 25.5 Å². The molecule has 0 heterocycles. The van der Waals surface area contributed by atoms with E-state index < -0.39 is 30.4 Å². The fourth-order valence-corrected chi connectivity index (χ4v) is 1.74. The number of amides is 2. The van der Waals surface area contributed by atoms with E-state index in [2.05, 4.69) is 10.1 Å². The molecular formula is C13H15ClN2O4. The Morgan fingerprint density at radius 2 is 2.10 bits per heavy atom. The fourth-order valence-electron chi connectivity index (χ4n) is 1.53. The average molecular weight is 299 g/mol.